The molecular formula is C14H13F5N2O7. The largest absolute Gasteiger partial charge is 0.514 e. The molecule has 0 aliphatic carbocycles. The Morgan fingerprint density at radius 1 is 1.14 bits per heavy atom. The van der Waals surface area contributed by atoms with E-state index in [1.807, 2.05) is 0 Å². The molecule has 0 aliphatic heterocycles. The quantitative estimate of drug-likeness (QED) is 0.207. The molecule has 1 unspecified atom stereocenters. The molecule has 156 valence electrons. The standard InChI is InChI=1S/C14H13F5N2O7/c1-3-7(2)9-4-8(20(23)24)5-10(21(25)26)11(9)28-12(22)27-6-13(15,16)14(17,18)19/h4-5,7H,3,6H2,1-2H3. The van der Waals surface area contributed by atoms with Crippen LogP contribution in [0.15, 0.2) is 12.1 Å². The van der Waals surface area contributed by atoms with Crippen molar-refractivity contribution < 1.29 is 46.1 Å². The van der Waals surface area contributed by atoms with Gasteiger partial charge in [-0.15, -0.1) is 0 Å². The summed E-state index contributed by atoms with van der Waals surface area (Å²) >= 11 is 0. The molecule has 9 nitrogen and oxygen atoms in total. The SMILES string of the molecule is CCC(C)c1cc([N+](=O)[O-])cc([N+](=O)[O-])c1OC(=O)OCC(F)(F)C(F)(F)F. The van der Waals surface area contributed by atoms with Crippen LogP contribution < -0.4 is 4.74 Å². The number of carbonyl (C=O) groups excluding carboxylic acids is 1. The van der Waals surface area contributed by atoms with E-state index in [0.29, 0.717) is 6.07 Å². The van der Waals surface area contributed by atoms with Gasteiger partial charge in [0.15, 0.2) is 6.61 Å². The van der Waals surface area contributed by atoms with Gasteiger partial charge >= 0.3 is 23.9 Å². The Labute approximate surface area is 153 Å². The average Bonchev–Trinajstić information content (AvgIpc) is 2.57. The third-order valence-corrected chi connectivity index (χ3v) is 3.61. The van der Waals surface area contributed by atoms with Crippen molar-refractivity contribution in [1.29, 1.82) is 0 Å². The van der Waals surface area contributed by atoms with Gasteiger partial charge in [0.1, 0.15) is 0 Å². The van der Waals surface area contributed by atoms with Gasteiger partial charge in [-0.1, -0.05) is 13.8 Å². The van der Waals surface area contributed by atoms with E-state index < -0.39 is 57.7 Å². The number of hydrogen-bond donors (Lipinski definition) is 0. The van der Waals surface area contributed by atoms with Crippen LogP contribution in [0.2, 0.25) is 0 Å². The summed E-state index contributed by atoms with van der Waals surface area (Å²) in [4.78, 5) is 31.6. The van der Waals surface area contributed by atoms with Gasteiger partial charge < -0.3 is 9.47 Å². The van der Waals surface area contributed by atoms with Crippen LogP contribution in [-0.2, 0) is 4.74 Å². The molecule has 14 heteroatoms. The second kappa shape index (κ2) is 8.31. The molecule has 0 aliphatic rings. The molecule has 1 atom stereocenters. The van der Waals surface area contributed by atoms with Crippen LogP contribution in [0.25, 0.3) is 0 Å². The molecule has 0 spiro atoms. The number of nitrogens with zero attached hydrogens (tertiary/aromatic N) is 2. The zero-order chi connectivity index (χ0) is 21.9. The first kappa shape index (κ1) is 23.0. The van der Waals surface area contributed by atoms with Crippen LogP contribution in [0.3, 0.4) is 0 Å². The summed E-state index contributed by atoms with van der Waals surface area (Å²) in [6.45, 7) is 0.662. The fourth-order valence-corrected chi connectivity index (χ4v) is 1.90. The van der Waals surface area contributed by atoms with Crippen LogP contribution in [0, 0.1) is 20.2 Å². The van der Waals surface area contributed by atoms with Gasteiger partial charge in [0.25, 0.3) is 5.69 Å². The summed E-state index contributed by atoms with van der Waals surface area (Å²) in [5.41, 5.74) is -1.95. The van der Waals surface area contributed by atoms with E-state index in [0.717, 1.165) is 6.07 Å². The second-order valence-corrected chi connectivity index (χ2v) is 5.55. The highest BCUT2D eigenvalue weighted by Crippen LogP contribution is 2.41. The first-order valence-electron chi connectivity index (χ1n) is 7.47. The highest BCUT2D eigenvalue weighted by Gasteiger charge is 2.58. The Morgan fingerprint density at radius 3 is 2.14 bits per heavy atom. The van der Waals surface area contributed by atoms with E-state index in [1.54, 1.807) is 6.92 Å². The lowest BCUT2D eigenvalue weighted by molar-refractivity contribution is -0.394. The lowest BCUT2D eigenvalue weighted by Gasteiger charge is -2.19. The van der Waals surface area contributed by atoms with Gasteiger partial charge in [0.2, 0.25) is 5.75 Å². The average molecular weight is 416 g/mol. The van der Waals surface area contributed by atoms with Gasteiger partial charge in [0.05, 0.1) is 15.9 Å². The first-order chi connectivity index (χ1) is 12.7. The zero-order valence-corrected chi connectivity index (χ0v) is 14.3. The molecule has 0 aromatic heterocycles. The van der Waals surface area contributed by atoms with Crippen LogP contribution in [-0.4, -0.2) is 34.7 Å². The predicted molar refractivity (Wildman–Crippen MR) is 81.4 cm³/mol. The second-order valence-electron chi connectivity index (χ2n) is 5.55. The van der Waals surface area contributed by atoms with E-state index in [2.05, 4.69) is 9.47 Å². The number of nitro groups is 2. The number of hydrogen-bond acceptors (Lipinski definition) is 7. The van der Waals surface area contributed by atoms with Gasteiger partial charge in [0, 0.05) is 11.6 Å². The molecular weight excluding hydrogens is 403 g/mol. The lowest BCUT2D eigenvalue weighted by Crippen LogP contribution is -2.41. The maximum Gasteiger partial charge on any atom is 0.514 e. The monoisotopic (exact) mass is 416 g/mol. The molecule has 0 heterocycles. The maximum atomic E-state index is 12.8. The number of rotatable bonds is 7. The molecule has 0 saturated carbocycles. The van der Waals surface area contributed by atoms with Crippen molar-refractivity contribution in [2.75, 3.05) is 6.61 Å². The van der Waals surface area contributed by atoms with Gasteiger partial charge in [-0.2, -0.15) is 22.0 Å². The zero-order valence-electron chi connectivity index (χ0n) is 14.3. The number of benzene rings is 1. The molecule has 1 rings (SSSR count). The highest BCUT2D eigenvalue weighted by molar-refractivity contribution is 5.70. The van der Waals surface area contributed by atoms with Gasteiger partial charge in [-0.05, 0) is 12.3 Å². The lowest BCUT2D eigenvalue weighted by atomic mass is 9.96. The first-order valence-corrected chi connectivity index (χ1v) is 7.47. The van der Waals surface area contributed by atoms with Crippen LogP contribution >= 0.6 is 0 Å². The van der Waals surface area contributed by atoms with Crippen molar-refractivity contribution >= 4 is 17.5 Å². The Kier molecular flexibility index (Phi) is 6.82. The van der Waals surface area contributed by atoms with Crippen LogP contribution in [0.1, 0.15) is 31.7 Å². The summed E-state index contributed by atoms with van der Waals surface area (Å²) in [6, 6.07) is 1.33. The van der Waals surface area contributed by atoms with Gasteiger partial charge in [-0.25, -0.2) is 4.79 Å². The number of ether oxygens (including phenoxy) is 2. The number of halogens is 5. The van der Waals surface area contributed by atoms with Crippen molar-refractivity contribution in [3.63, 3.8) is 0 Å². The maximum absolute atomic E-state index is 12.8. The van der Waals surface area contributed by atoms with Crippen LogP contribution in [0.5, 0.6) is 5.75 Å². The highest BCUT2D eigenvalue weighted by atomic mass is 19.4. The summed E-state index contributed by atoms with van der Waals surface area (Å²) in [6.07, 6.45) is -7.78. The minimum atomic E-state index is -5.99. The third-order valence-electron chi connectivity index (χ3n) is 3.61. The van der Waals surface area contributed by atoms with E-state index >= 15 is 0 Å². The number of nitro benzene ring substituents is 2. The summed E-state index contributed by atoms with van der Waals surface area (Å²) < 4.78 is 70.1. The Hall–Kier alpha value is -3.06. The number of carbonyl (C=O) groups is 1. The van der Waals surface area contributed by atoms with Crippen molar-refractivity contribution in [2.24, 2.45) is 0 Å². The minimum Gasteiger partial charge on any atom is -0.427 e. The summed E-state index contributed by atoms with van der Waals surface area (Å²) in [5, 5.41) is 22.1. The smallest absolute Gasteiger partial charge is 0.427 e. The van der Waals surface area contributed by atoms with Crippen molar-refractivity contribution in [3.8, 4) is 5.75 Å². The van der Waals surface area contributed by atoms with E-state index in [4.69, 9.17) is 0 Å². The molecule has 0 amide bonds. The normalized spacial score (nSPS) is 13.0. The Bertz CT molecular complexity index is 782. The van der Waals surface area contributed by atoms with E-state index in [9.17, 15) is 47.0 Å². The molecule has 28 heavy (non-hydrogen) atoms. The Balaban J connectivity index is 3.26. The van der Waals surface area contributed by atoms with E-state index in [1.165, 1.54) is 6.92 Å². The van der Waals surface area contributed by atoms with Crippen molar-refractivity contribution in [2.45, 2.75) is 38.3 Å². The topological polar surface area (TPSA) is 122 Å². The summed E-state index contributed by atoms with van der Waals surface area (Å²) in [5.74, 6) is -6.84. The molecule has 0 bridgehead atoms. The fourth-order valence-electron chi connectivity index (χ4n) is 1.90. The van der Waals surface area contributed by atoms with Gasteiger partial charge in [-0.3, -0.25) is 20.2 Å². The fraction of sp³-hybridized carbons (Fsp3) is 0.500. The summed E-state index contributed by atoms with van der Waals surface area (Å²) in [7, 11) is 0. The Morgan fingerprint density at radius 2 is 1.71 bits per heavy atom. The molecule has 0 fully saturated rings. The third kappa shape index (κ3) is 5.23. The van der Waals surface area contributed by atoms with Crippen molar-refractivity contribution in [1.82, 2.24) is 0 Å². The molecule has 1 aromatic rings. The predicted octanol–water partition coefficient (Wildman–Crippen LogP) is 4.73. The molecule has 1 aromatic carbocycles. The number of non-ortho nitro benzene ring substituents is 1. The van der Waals surface area contributed by atoms with Crippen LogP contribution in [0.4, 0.5) is 38.1 Å². The number of alkyl halides is 5. The molecule has 0 N–H and O–H groups in total. The molecule has 0 saturated heterocycles. The minimum absolute atomic E-state index is 0.192. The molecule has 0 radical (unpaired) electrons. The van der Waals surface area contributed by atoms with Crippen molar-refractivity contribution in [3.05, 3.63) is 37.9 Å². The van der Waals surface area contributed by atoms with E-state index in [-0.39, 0.29) is 12.0 Å².